The van der Waals surface area contributed by atoms with E-state index in [1.807, 2.05) is 0 Å². The number of amides is 1. The molecule has 3 rings (SSSR count). The zero-order valence-corrected chi connectivity index (χ0v) is 14.9. The van der Waals surface area contributed by atoms with Crippen molar-refractivity contribution in [2.45, 2.75) is 24.9 Å². The van der Waals surface area contributed by atoms with Crippen molar-refractivity contribution in [2.75, 3.05) is 11.9 Å². The normalized spacial score (nSPS) is 22.4. The molecule has 1 saturated heterocycles. The molecule has 1 aliphatic heterocycles. The zero-order valence-electron chi connectivity index (χ0n) is 14.0. The second-order valence-corrected chi connectivity index (χ2v) is 6.52. The molecule has 2 aromatic rings. The Hall–Kier alpha value is -2.49. The molecule has 1 aliphatic rings. The monoisotopic (exact) mass is 394 g/mol. The van der Waals surface area contributed by atoms with E-state index >= 15 is 0 Å². The van der Waals surface area contributed by atoms with E-state index < -0.39 is 38.3 Å². The number of ether oxygens (including phenoxy) is 1. The maximum absolute atomic E-state index is 12.2. The predicted molar refractivity (Wildman–Crippen MR) is 93.2 cm³/mol. The van der Waals surface area contributed by atoms with Gasteiger partial charge in [0.15, 0.2) is 0 Å². The van der Waals surface area contributed by atoms with Crippen molar-refractivity contribution in [3.8, 4) is 0 Å². The lowest BCUT2D eigenvalue weighted by molar-refractivity contribution is -0.0412. The predicted octanol–water partition coefficient (Wildman–Crippen LogP) is 0.810. The van der Waals surface area contributed by atoms with Crippen LogP contribution in [0.3, 0.4) is 0 Å². The Balaban J connectivity index is 1.67. The molecule has 1 aromatic heterocycles. The van der Waals surface area contributed by atoms with E-state index in [9.17, 15) is 19.3 Å². The number of rotatable bonds is 6. The quantitative estimate of drug-likeness (QED) is 0.612. The van der Waals surface area contributed by atoms with E-state index in [1.54, 1.807) is 30.3 Å². The summed E-state index contributed by atoms with van der Waals surface area (Å²) in [5.41, 5.74) is -0.247. The summed E-state index contributed by atoms with van der Waals surface area (Å²) >= 11 is 0. The second kappa shape index (κ2) is 8.47. The molecule has 4 atom stereocenters. The summed E-state index contributed by atoms with van der Waals surface area (Å²) in [5.74, 6) is -0.316. The van der Waals surface area contributed by atoms with E-state index in [2.05, 4.69) is 14.8 Å². The minimum absolute atomic E-state index is 0.0841. The molecule has 1 amide bonds. The minimum atomic E-state index is -2.80. The molecular formula is C16H17N3O7P+. The van der Waals surface area contributed by atoms with Crippen LogP contribution in [0.4, 0.5) is 5.82 Å². The van der Waals surface area contributed by atoms with Gasteiger partial charge in [-0.2, -0.15) is 4.98 Å². The maximum atomic E-state index is 12.2. The number of aliphatic hydroxyl groups excluding tert-OH is 1. The summed E-state index contributed by atoms with van der Waals surface area (Å²) < 4.78 is 21.8. The standard InChI is InChI=1S/C16H16N3O7P/c20-11-8-14(26-12(11)9-25-27(23)24)19-7-6-13(18-16(19)22)17-15(21)10-4-2-1-3-5-10/h1-7,11-12,14,20H,8-9H2,(H-,17,18,21,22,23,24)/p+1/t11-,12+,14+/m0/s1. The number of hydrogen-bond acceptors (Lipinski definition) is 7. The van der Waals surface area contributed by atoms with Gasteiger partial charge in [0, 0.05) is 22.7 Å². The van der Waals surface area contributed by atoms with Crippen LogP contribution in [0, 0.1) is 0 Å². The average Bonchev–Trinajstić information content (AvgIpc) is 3.01. The molecule has 11 heteroatoms. The molecule has 0 bridgehead atoms. The highest BCUT2D eigenvalue weighted by molar-refractivity contribution is 7.32. The number of nitrogens with zero attached hydrogens (tertiary/aromatic N) is 2. The molecule has 0 saturated carbocycles. The first kappa shape index (κ1) is 19.3. The van der Waals surface area contributed by atoms with Crippen molar-refractivity contribution >= 4 is 20.0 Å². The molecule has 2 heterocycles. The van der Waals surface area contributed by atoms with Crippen molar-refractivity contribution < 1.29 is 28.6 Å². The highest BCUT2D eigenvalue weighted by atomic mass is 31.1. The molecule has 0 aliphatic carbocycles. The van der Waals surface area contributed by atoms with Crippen molar-refractivity contribution in [3.63, 3.8) is 0 Å². The highest BCUT2D eigenvalue weighted by Crippen LogP contribution is 2.29. The first-order valence-corrected chi connectivity index (χ1v) is 9.15. The topological polar surface area (TPSA) is 140 Å². The Morgan fingerprint density at radius 2 is 2.11 bits per heavy atom. The molecule has 1 fully saturated rings. The largest absolute Gasteiger partial charge is 0.694 e. The lowest BCUT2D eigenvalue weighted by atomic mass is 10.2. The summed E-state index contributed by atoms with van der Waals surface area (Å²) in [6, 6.07) is 9.92. The third-order valence-electron chi connectivity index (χ3n) is 3.97. The number of aliphatic hydroxyl groups is 1. The van der Waals surface area contributed by atoms with Gasteiger partial charge in [-0.15, -0.1) is 9.42 Å². The van der Waals surface area contributed by atoms with Gasteiger partial charge in [-0.05, 0) is 18.2 Å². The van der Waals surface area contributed by atoms with Crippen molar-refractivity contribution in [2.24, 2.45) is 0 Å². The Morgan fingerprint density at radius 3 is 2.78 bits per heavy atom. The van der Waals surface area contributed by atoms with Crippen LogP contribution < -0.4 is 11.0 Å². The van der Waals surface area contributed by atoms with E-state index in [1.165, 1.54) is 16.8 Å². The average molecular weight is 394 g/mol. The number of anilines is 1. The molecule has 0 radical (unpaired) electrons. The lowest BCUT2D eigenvalue weighted by Crippen LogP contribution is -2.28. The molecule has 3 N–H and O–H groups in total. The van der Waals surface area contributed by atoms with Crippen LogP contribution in [0.1, 0.15) is 23.0 Å². The fourth-order valence-electron chi connectivity index (χ4n) is 2.65. The van der Waals surface area contributed by atoms with Gasteiger partial charge in [0.1, 0.15) is 24.8 Å². The number of nitrogens with one attached hydrogen (secondary N) is 1. The number of carbonyl (C=O) groups is 1. The van der Waals surface area contributed by atoms with Crippen LogP contribution in [0.5, 0.6) is 0 Å². The zero-order chi connectivity index (χ0) is 19.4. The number of benzene rings is 1. The Labute approximate surface area is 154 Å². The molecular weight excluding hydrogens is 377 g/mol. The number of carbonyl (C=O) groups excluding carboxylic acids is 1. The van der Waals surface area contributed by atoms with Gasteiger partial charge in [0.05, 0.1) is 6.10 Å². The summed E-state index contributed by atoms with van der Waals surface area (Å²) in [6.45, 7) is -0.281. The van der Waals surface area contributed by atoms with Gasteiger partial charge in [-0.25, -0.2) is 4.79 Å². The van der Waals surface area contributed by atoms with Gasteiger partial charge >= 0.3 is 13.9 Å². The van der Waals surface area contributed by atoms with E-state index in [4.69, 9.17) is 9.63 Å². The van der Waals surface area contributed by atoms with Crippen molar-refractivity contribution in [1.82, 2.24) is 9.55 Å². The van der Waals surface area contributed by atoms with Crippen LogP contribution in [0.25, 0.3) is 0 Å². The first-order valence-electron chi connectivity index (χ1n) is 8.02. The third kappa shape index (κ3) is 4.82. The highest BCUT2D eigenvalue weighted by Gasteiger charge is 2.37. The summed E-state index contributed by atoms with van der Waals surface area (Å²) in [5, 5.41) is 12.5. The third-order valence-corrected chi connectivity index (χ3v) is 4.34. The van der Waals surface area contributed by atoms with E-state index in [0.717, 1.165) is 0 Å². The second-order valence-electron chi connectivity index (χ2n) is 5.79. The van der Waals surface area contributed by atoms with Crippen LogP contribution in [0.2, 0.25) is 0 Å². The number of aromatic nitrogens is 2. The van der Waals surface area contributed by atoms with Gasteiger partial charge in [0.25, 0.3) is 5.91 Å². The van der Waals surface area contributed by atoms with Crippen molar-refractivity contribution in [1.29, 1.82) is 0 Å². The lowest BCUT2D eigenvalue weighted by Gasteiger charge is -2.14. The molecule has 1 unspecified atom stereocenters. The minimum Gasteiger partial charge on any atom is -0.390 e. The Morgan fingerprint density at radius 1 is 1.37 bits per heavy atom. The fraction of sp³-hybridized carbons (Fsp3) is 0.312. The van der Waals surface area contributed by atoms with Crippen molar-refractivity contribution in [3.05, 3.63) is 58.6 Å². The van der Waals surface area contributed by atoms with Crippen LogP contribution in [0.15, 0.2) is 47.4 Å². The summed E-state index contributed by atoms with van der Waals surface area (Å²) in [7, 11) is -2.80. The molecule has 0 spiro atoms. The Bertz CT molecular complexity index is 889. The number of hydrogen-bond donors (Lipinski definition) is 3. The molecule has 142 valence electrons. The SMILES string of the molecule is O=C(Nc1ccn([C@H]2C[C@H](O)[C@@H](CO[P+](=O)O)O2)c(=O)n1)c1ccccc1. The van der Waals surface area contributed by atoms with Gasteiger partial charge in [0.2, 0.25) is 0 Å². The van der Waals surface area contributed by atoms with Gasteiger partial charge < -0.3 is 15.2 Å². The smallest absolute Gasteiger partial charge is 0.390 e. The molecule has 27 heavy (non-hydrogen) atoms. The maximum Gasteiger partial charge on any atom is 0.694 e. The van der Waals surface area contributed by atoms with Crippen LogP contribution in [-0.4, -0.2) is 44.3 Å². The molecule has 1 aromatic carbocycles. The van der Waals surface area contributed by atoms with E-state index in [0.29, 0.717) is 5.56 Å². The van der Waals surface area contributed by atoms with Gasteiger partial charge in [-0.3, -0.25) is 9.36 Å². The van der Waals surface area contributed by atoms with E-state index in [-0.39, 0.29) is 18.8 Å². The Kier molecular flexibility index (Phi) is 6.04. The summed E-state index contributed by atoms with van der Waals surface area (Å²) in [6.07, 6.45) is -1.12. The first-order chi connectivity index (χ1) is 12.9. The fourth-order valence-corrected chi connectivity index (χ4v) is 2.93. The van der Waals surface area contributed by atoms with Crippen LogP contribution in [-0.2, 0) is 13.8 Å². The van der Waals surface area contributed by atoms with Crippen LogP contribution >= 0.6 is 8.25 Å². The molecule has 10 nitrogen and oxygen atoms in total. The summed E-state index contributed by atoms with van der Waals surface area (Å²) in [4.78, 5) is 36.8. The van der Waals surface area contributed by atoms with Gasteiger partial charge in [-0.1, -0.05) is 18.2 Å².